The van der Waals surface area contributed by atoms with Crippen LogP contribution in [0.1, 0.15) is 4.88 Å². The minimum Gasteiger partial charge on any atom is -0.438 e. The summed E-state index contributed by atoms with van der Waals surface area (Å²) in [4.78, 5) is 10.6. The number of hydrogen-bond donors (Lipinski definition) is 2. The maximum Gasteiger partial charge on any atom is 0.273 e. The number of rotatable bonds is 3. The molecule has 0 aliphatic heterocycles. The van der Waals surface area contributed by atoms with Crippen molar-refractivity contribution < 1.29 is 9.66 Å². The first-order valence-electron chi connectivity index (χ1n) is 4.92. The predicted molar refractivity (Wildman–Crippen MR) is 69.3 cm³/mol. The average Bonchev–Trinajstić information content (AvgIpc) is 2.76. The number of hydrogen-bond acceptors (Lipinski definition) is 6. The van der Waals surface area contributed by atoms with E-state index in [0.717, 1.165) is 0 Å². The second-order valence-electron chi connectivity index (χ2n) is 3.39. The number of nitro groups is 1. The Balaban J connectivity index is 2.20. The smallest absolute Gasteiger partial charge is 0.273 e. The lowest BCUT2D eigenvalue weighted by Crippen LogP contribution is -2.08. The molecule has 0 fully saturated rings. The minimum absolute atomic E-state index is 0.0838. The van der Waals surface area contributed by atoms with Crippen LogP contribution in [0.2, 0.25) is 0 Å². The van der Waals surface area contributed by atoms with Crippen molar-refractivity contribution in [3.05, 3.63) is 50.7 Å². The van der Waals surface area contributed by atoms with E-state index in [2.05, 4.69) is 0 Å². The van der Waals surface area contributed by atoms with Crippen molar-refractivity contribution >= 4 is 28.6 Å². The molecule has 0 saturated heterocycles. The van der Waals surface area contributed by atoms with Crippen LogP contribution in [0.5, 0.6) is 5.75 Å². The van der Waals surface area contributed by atoms with Crippen LogP contribution >= 0.6 is 11.3 Å². The van der Waals surface area contributed by atoms with Gasteiger partial charge >= 0.3 is 0 Å². The van der Waals surface area contributed by atoms with E-state index >= 15 is 0 Å². The van der Waals surface area contributed by atoms with E-state index in [1.54, 1.807) is 17.5 Å². The van der Waals surface area contributed by atoms with Crippen LogP contribution in [-0.2, 0) is 0 Å². The first-order chi connectivity index (χ1) is 8.58. The van der Waals surface area contributed by atoms with Gasteiger partial charge in [0.15, 0.2) is 0 Å². The van der Waals surface area contributed by atoms with E-state index in [-0.39, 0.29) is 17.3 Å². The van der Waals surface area contributed by atoms with Gasteiger partial charge in [-0.1, -0.05) is 6.07 Å². The molecule has 2 rings (SSSR count). The molecule has 18 heavy (non-hydrogen) atoms. The first kappa shape index (κ1) is 12.1. The molecule has 6 nitrogen and oxygen atoms in total. The highest BCUT2D eigenvalue weighted by atomic mass is 32.1. The number of nitrogen functional groups attached to an aromatic ring is 1. The second-order valence-corrected chi connectivity index (χ2v) is 4.31. The van der Waals surface area contributed by atoms with Gasteiger partial charge in [0.05, 0.1) is 16.7 Å². The molecule has 0 aliphatic carbocycles. The number of nitro benzene ring substituents is 1. The summed E-state index contributed by atoms with van der Waals surface area (Å²) in [5, 5.41) is 20.1. The summed E-state index contributed by atoms with van der Waals surface area (Å²) in [7, 11) is 0. The molecule has 1 aromatic carbocycles. The SMILES string of the molecule is N=C(Oc1cccc([N+](=O)[O-])c1)c1sccc1N. The Labute approximate surface area is 106 Å². The normalized spacial score (nSPS) is 10.0. The summed E-state index contributed by atoms with van der Waals surface area (Å²) in [5.74, 6) is 0.116. The number of thiophene rings is 1. The minimum atomic E-state index is -0.518. The van der Waals surface area contributed by atoms with Gasteiger partial charge in [-0.15, -0.1) is 11.3 Å². The Morgan fingerprint density at radius 3 is 2.83 bits per heavy atom. The molecule has 2 aromatic rings. The summed E-state index contributed by atoms with van der Waals surface area (Å²) in [6.07, 6.45) is 0. The van der Waals surface area contributed by atoms with Gasteiger partial charge < -0.3 is 10.5 Å². The molecular weight excluding hydrogens is 254 g/mol. The van der Waals surface area contributed by atoms with E-state index < -0.39 is 4.92 Å². The summed E-state index contributed by atoms with van der Waals surface area (Å²) >= 11 is 1.28. The summed E-state index contributed by atoms with van der Waals surface area (Å²) in [6.45, 7) is 0. The van der Waals surface area contributed by atoms with Crippen molar-refractivity contribution in [2.75, 3.05) is 5.73 Å². The van der Waals surface area contributed by atoms with Gasteiger partial charge in [-0.2, -0.15) is 0 Å². The molecular formula is C11H9N3O3S. The number of nitrogens with one attached hydrogen (secondary N) is 1. The van der Waals surface area contributed by atoms with Gasteiger partial charge in [0.2, 0.25) is 5.90 Å². The fourth-order valence-corrected chi connectivity index (χ4v) is 2.03. The van der Waals surface area contributed by atoms with Crippen molar-refractivity contribution in [1.82, 2.24) is 0 Å². The Morgan fingerprint density at radius 2 is 2.22 bits per heavy atom. The van der Waals surface area contributed by atoms with Crippen LogP contribution in [0.3, 0.4) is 0 Å². The number of nitrogens with two attached hydrogens (primary N) is 1. The number of non-ortho nitro benzene ring substituents is 1. The van der Waals surface area contributed by atoms with Crippen LogP contribution in [0, 0.1) is 15.5 Å². The summed E-state index contributed by atoms with van der Waals surface area (Å²) in [6, 6.07) is 7.34. The molecule has 0 unspecified atom stereocenters. The largest absolute Gasteiger partial charge is 0.438 e. The molecule has 0 amide bonds. The lowest BCUT2D eigenvalue weighted by atomic mass is 10.3. The third-order valence-electron chi connectivity index (χ3n) is 2.15. The molecule has 0 spiro atoms. The Hall–Kier alpha value is -2.41. The van der Waals surface area contributed by atoms with E-state index in [9.17, 15) is 10.1 Å². The fourth-order valence-electron chi connectivity index (χ4n) is 1.33. The zero-order chi connectivity index (χ0) is 13.1. The van der Waals surface area contributed by atoms with E-state index in [1.807, 2.05) is 0 Å². The van der Waals surface area contributed by atoms with Crippen molar-refractivity contribution in [3.8, 4) is 5.75 Å². The molecule has 3 N–H and O–H groups in total. The summed E-state index contributed by atoms with van der Waals surface area (Å²) in [5.41, 5.74) is 6.02. The molecule has 0 aliphatic rings. The molecule has 7 heteroatoms. The lowest BCUT2D eigenvalue weighted by molar-refractivity contribution is -0.384. The third-order valence-corrected chi connectivity index (χ3v) is 3.08. The van der Waals surface area contributed by atoms with Gasteiger partial charge in [0.25, 0.3) is 5.69 Å². The van der Waals surface area contributed by atoms with Crippen molar-refractivity contribution in [2.24, 2.45) is 0 Å². The molecule has 1 heterocycles. The maximum absolute atomic E-state index is 10.6. The standard InChI is InChI=1S/C11H9N3O3S/c12-9-4-5-18-10(9)11(13)17-8-3-1-2-7(6-8)14(15)16/h1-6,13H,12H2. The molecule has 0 bridgehead atoms. The quantitative estimate of drug-likeness (QED) is 0.384. The molecule has 0 atom stereocenters. The molecule has 0 radical (unpaired) electrons. The van der Waals surface area contributed by atoms with Crippen LogP contribution in [0.15, 0.2) is 35.7 Å². The van der Waals surface area contributed by atoms with E-state index in [0.29, 0.717) is 10.6 Å². The Morgan fingerprint density at radius 1 is 1.44 bits per heavy atom. The predicted octanol–water partition coefficient (Wildman–Crippen LogP) is 2.64. The zero-order valence-corrected chi connectivity index (χ0v) is 9.94. The van der Waals surface area contributed by atoms with E-state index in [4.69, 9.17) is 15.9 Å². The van der Waals surface area contributed by atoms with Crippen molar-refractivity contribution in [2.45, 2.75) is 0 Å². The second kappa shape index (κ2) is 4.84. The topological polar surface area (TPSA) is 102 Å². The monoisotopic (exact) mass is 263 g/mol. The van der Waals surface area contributed by atoms with Crippen LogP contribution < -0.4 is 10.5 Å². The molecule has 92 valence electrons. The first-order valence-corrected chi connectivity index (χ1v) is 5.80. The zero-order valence-electron chi connectivity index (χ0n) is 9.12. The highest BCUT2D eigenvalue weighted by molar-refractivity contribution is 7.12. The number of anilines is 1. The van der Waals surface area contributed by atoms with Gasteiger partial charge in [-0.3, -0.25) is 15.5 Å². The maximum atomic E-state index is 10.6. The number of nitrogens with zero attached hydrogens (tertiary/aromatic N) is 1. The van der Waals surface area contributed by atoms with Crippen LogP contribution in [0.25, 0.3) is 0 Å². The van der Waals surface area contributed by atoms with Crippen molar-refractivity contribution in [3.63, 3.8) is 0 Å². The highest BCUT2D eigenvalue weighted by Gasteiger charge is 2.12. The van der Waals surface area contributed by atoms with Gasteiger partial charge in [0, 0.05) is 6.07 Å². The molecule has 1 aromatic heterocycles. The number of benzene rings is 1. The Bertz CT molecular complexity index is 609. The average molecular weight is 263 g/mol. The van der Waals surface area contributed by atoms with E-state index in [1.165, 1.54) is 29.5 Å². The van der Waals surface area contributed by atoms with Crippen LogP contribution in [0.4, 0.5) is 11.4 Å². The van der Waals surface area contributed by atoms with Gasteiger partial charge in [-0.05, 0) is 17.5 Å². The highest BCUT2D eigenvalue weighted by Crippen LogP contribution is 2.23. The fraction of sp³-hybridized carbons (Fsp3) is 0. The Kier molecular flexibility index (Phi) is 3.24. The van der Waals surface area contributed by atoms with Crippen molar-refractivity contribution in [1.29, 1.82) is 5.41 Å². The summed E-state index contributed by atoms with van der Waals surface area (Å²) < 4.78 is 5.24. The number of ether oxygens (including phenoxy) is 1. The van der Waals surface area contributed by atoms with Gasteiger partial charge in [-0.25, -0.2) is 0 Å². The molecule has 0 saturated carbocycles. The lowest BCUT2D eigenvalue weighted by Gasteiger charge is -2.05. The third kappa shape index (κ3) is 2.46. The van der Waals surface area contributed by atoms with Gasteiger partial charge in [0.1, 0.15) is 10.6 Å². The van der Waals surface area contributed by atoms with Crippen LogP contribution in [-0.4, -0.2) is 10.8 Å².